The van der Waals surface area contributed by atoms with Crippen molar-refractivity contribution in [3.05, 3.63) is 29.8 Å². The zero-order valence-corrected chi connectivity index (χ0v) is 9.28. The van der Waals surface area contributed by atoms with E-state index in [1.807, 2.05) is 31.2 Å². The molecule has 15 heavy (non-hydrogen) atoms. The largest absolute Gasteiger partial charge is 0.493 e. The average Bonchev–Trinajstić information content (AvgIpc) is 2.16. The van der Waals surface area contributed by atoms with E-state index in [0.29, 0.717) is 0 Å². The van der Waals surface area contributed by atoms with E-state index in [2.05, 4.69) is 0 Å². The Hall–Kier alpha value is -1.02. The van der Waals surface area contributed by atoms with Crippen molar-refractivity contribution in [1.29, 1.82) is 0 Å². The molecular formula is C13H19NO. The maximum atomic E-state index is 5.89. The SMILES string of the molecule is C[C@H](N)c1ccccc1OCC1CCC1. The Morgan fingerprint density at radius 3 is 2.73 bits per heavy atom. The van der Waals surface area contributed by atoms with Crippen molar-refractivity contribution in [2.75, 3.05) is 6.61 Å². The molecule has 0 bridgehead atoms. The number of hydrogen-bond donors (Lipinski definition) is 1. The van der Waals surface area contributed by atoms with Gasteiger partial charge in [-0.3, -0.25) is 0 Å². The highest BCUT2D eigenvalue weighted by molar-refractivity contribution is 5.35. The van der Waals surface area contributed by atoms with E-state index in [-0.39, 0.29) is 6.04 Å². The molecule has 1 aliphatic rings. The number of benzene rings is 1. The molecule has 82 valence electrons. The normalized spacial score (nSPS) is 18.3. The van der Waals surface area contributed by atoms with Gasteiger partial charge >= 0.3 is 0 Å². The van der Waals surface area contributed by atoms with Gasteiger partial charge in [0.2, 0.25) is 0 Å². The highest BCUT2D eigenvalue weighted by atomic mass is 16.5. The summed E-state index contributed by atoms with van der Waals surface area (Å²) in [6, 6.07) is 8.11. The van der Waals surface area contributed by atoms with Crippen LogP contribution in [-0.2, 0) is 0 Å². The van der Waals surface area contributed by atoms with Gasteiger partial charge in [0.15, 0.2) is 0 Å². The first-order valence-electron chi connectivity index (χ1n) is 5.74. The van der Waals surface area contributed by atoms with Gasteiger partial charge in [0.05, 0.1) is 6.61 Å². The van der Waals surface area contributed by atoms with Crippen LogP contribution in [0.1, 0.15) is 37.8 Å². The molecule has 2 nitrogen and oxygen atoms in total. The van der Waals surface area contributed by atoms with Crippen LogP contribution in [0.3, 0.4) is 0 Å². The van der Waals surface area contributed by atoms with Gasteiger partial charge in [0.1, 0.15) is 5.75 Å². The first kappa shape index (κ1) is 10.5. The third-order valence-corrected chi connectivity index (χ3v) is 3.11. The maximum absolute atomic E-state index is 5.89. The molecule has 0 aliphatic heterocycles. The van der Waals surface area contributed by atoms with Crippen molar-refractivity contribution in [1.82, 2.24) is 0 Å². The predicted molar refractivity (Wildman–Crippen MR) is 61.9 cm³/mol. The molecular weight excluding hydrogens is 186 g/mol. The molecule has 1 fully saturated rings. The summed E-state index contributed by atoms with van der Waals surface area (Å²) in [6.07, 6.45) is 4.00. The Labute approximate surface area is 91.4 Å². The third-order valence-electron chi connectivity index (χ3n) is 3.11. The molecule has 0 radical (unpaired) electrons. The monoisotopic (exact) mass is 205 g/mol. The second kappa shape index (κ2) is 4.67. The standard InChI is InChI=1S/C13H19NO/c1-10(14)12-7-2-3-8-13(12)15-9-11-5-4-6-11/h2-3,7-8,10-11H,4-6,9,14H2,1H3/t10-/m0/s1. The van der Waals surface area contributed by atoms with Crippen molar-refractivity contribution in [3.63, 3.8) is 0 Å². The number of ether oxygens (including phenoxy) is 1. The molecule has 2 heteroatoms. The molecule has 1 aliphatic carbocycles. The molecule has 0 aromatic heterocycles. The minimum Gasteiger partial charge on any atom is -0.493 e. The van der Waals surface area contributed by atoms with Crippen molar-refractivity contribution in [2.45, 2.75) is 32.2 Å². The van der Waals surface area contributed by atoms with Crippen LogP contribution >= 0.6 is 0 Å². The van der Waals surface area contributed by atoms with Crippen molar-refractivity contribution < 1.29 is 4.74 Å². The Bertz CT molecular complexity index is 318. The van der Waals surface area contributed by atoms with Gasteiger partial charge in [-0.15, -0.1) is 0 Å². The summed E-state index contributed by atoms with van der Waals surface area (Å²) in [5.41, 5.74) is 7.00. The summed E-state index contributed by atoms with van der Waals surface area (Å²) in [6.45, 7) is 2.84. The molecule has 0 unspecified atom stereocenters. The minimum atomic E-state index is 0.0441. The Morgan fingerprint density at radius 2 is 2.13 bits per heavy atom. The molecule has 0 saturated heterocycles. The average molecular weight is 205 g/mol. The molecule has 1 saturated carbocycles. The van der Waals surface area contributed by atoms with E-state index in [9.17, 15) is 0 Å². The summed E-state index contributed by atoms with van der Waals surface area (Å²) in [7, 11) is 0. The molecule has 1 aromatic carbocycles. The van der Waals surface area contributed by atoms with E-state index in [4.69, 9.17) is 10.5 Å². The second-order valence-corrected chi connectivity index (χ2v) is 4.43. The lowest BCUT2D eigenvalue weighted by Gasteiger charge is -2.26. The van der Waals surface area contributed by atoms with E-state index >= 15 is 0 Å². The first-order valence-corrected chi connectivity index (χ1v) is 5.74. The minimum absolute atomic E-state index is 0.0441. The van der Waals surface area contributed by atoms with Crippen LogP contribution in [0.15, 0.2) is 24.3 Å². The summed E-state index contributed by atoms with van der Waals surface area (Å²) in [5.74, 6) is 1.73. The van der Waals surface area contributed by atoms with Crippen LogP contribution < -0.4 is 10.5 Å². The third kappa shape index (κ3) is 2.51. The molecule has 0 spiro atoms. The predicted octanol–water partition coefficient (Wildman–Crippen LogP) is 2.89. The fourth-order valence-electron chi connectivity index (χ4n) is 1.86. The highest BCUT2D eigenvalue weighted by Gasteiger charge is 2.18. The van der Waals surface area contributed by atoms with E-state index < -0.39 is 0 Å². The second-order valence-electron chi connectivity index (χ2n) is 4.43. The lowest BCUT2D eigenvalue weighted by Crippen LogP contribution is -2.20. The van der Waals surface area contributed by atoms with Crippen LogP contribution in [0.25, 0.3) is 0 Å². The Morgan fingerprint density at radius 1 is 1.40 bits per heavy atom. The van der Waals surface area contributed by atoms with E-state index in [0.717, 1.165) is 23.8 Å². The summed E-state index contributed by atoms with van der Waals surface area (Å²) in [4.78, 5) is 0. The summed E-state index contributed by atoms with van der Waals surface area (Å²) < 4.78 is 5.82. The summed E-state index contributed by atoms with van der Waals surface area (Å²) in [5, 5.41) is 0. The lowest BCUT2D eigenvalue weighted by molar-refractivity contribution is 0.179. The fourth-order valence-corrected chi connectivity index (χ4v) is 1.86. The fraction of sp³-hybridized carbons (Fsp3) is 0.538. The van der Waals surface area contributed by atoms with Crippen molar-refractivity contribution in [2.24, 2.45) is 11.7 Å². The van der Waals surface area contributed by atoms with Crippen LogP contribution in [0.5, 0.6) is 5.75 Å². The number of nitrogens with two attached hydrogens (primary N) is 1. The zero-order chi connectivity index (χ0) is 10.7. The van der Waals surface area contributed by atoms with Crippen LogP contribution in [0.4, 0.5) is 0 Å². The van der Waals surface area contributed by atoms with Gasteiger partial charge in [0.25, 0.3) is 0 Å². The molecule has 0 heterocycles. The topological polar surface area (TPSA) is 35.2 Å². The van der Waals surface area contributed by atoms with Crippen LogP contribution in [0, 0.1) is 5.92 Å². The Kier molecular flexibility index (Phi) is 3.27. The van der Waals surface area contributed by atoms with Gasteiger partial charge in [-0.1, -0.05) is 24.6 Å². The maximum Gasteiger partial charge on any atom is 0.124 e. The quantitative estimate of drug-likeness (QED) is 0.820. The smallest absolute Gasteiger partial charge is 0.124 e. The molecule has 2 N–H and O–H groups in total. The van der Waals surface area contributed by atoms with Gasteiger partial charge in [-0.05, 0) is 31.7 Å². The number of rotatable bonds is 4. The summed E-state index contributed by atoms with van der Waals surface area (Å²) >= 11 is 0. The first-order chi connectivity index (χ1) is 7.27. The number of hydrogen-bond acceptors (Lipinski definition) is 2. The van der Waals surface area contributed by atoms with Gasteiger partial charge < -0.3 is 10.5 Å². The Balaban J connectivity index is 1.99. The van der Waals surface area contributed by atoms with Gasteiger partial charge in [-0.2, -0.15) is 0 Å². The van der Waals surface area contributed by atoms with Crippen molar-refractivity contribution in [3.8, 4) is 5.75 Å². The van der Waals surface area contributed by atoms with E-state index in [1.165, 1.54) is 19.3 Å². The van der Waals surface area contributed by atoms with Gasteiger partial charge in [0, 0.05) is 11.6 Å². The van der Waals surface area contributed by atoms with E-state index in [1.54, 1.807) is 0 Å². The molecule has 1 atom stereocenters. The molecule has 2 rings (SSSR count). The van der Waals surface area contributed by atoms with Crippen LogP contribution in [-0.4, -0.2) is 6.61 Å². The number of para-hydroxylation sites is 1. The zero-order valence-electron chi connectivity index (χ0n) is 9.28. The van der Waals surface area contributed by atoms with Crippen molar-refractivity contribution >= 4 is 0 Å². The highest BCUT2D eigenvalue weighted by Crippen LogP contribution is 2.29. The molecule has 1 aromatic rings. The molecule has 0 amide bonds. The van der Waals surface area contributed by atoms with Gasteiger partial charge in [-0.25, -0.2) is 0 Å². The lowest BCUT2D eigenvalue weighted by atomic mass is 9.86. The van der Waals surface area contributed by atoms with Crippen LogP contribution in [0.2, 0.25) is 0 Å².